The van der Waals surface area contributed by atoms with E-state index in [1.54, 1.807) is 7.11 Å². The molecule has 1 saturated carbocycles. The lowest BCUT2D eigenvalue weighted by atomic mass is 9.66. The smallest absolute Gasteiger partial charge is 0.238 e. The summed E-state index contributed by atoms with van der Waals surface area (Å²) in [6, 6.07) is 14.2. The molecule has 0 radical (unpaired) electrons. The second kappa shape index (κ2) is 9.01. The maximum atomic E-state index is 13.0. The summed E-state index contributed by atoms with van der Waals surface area (Å²) < 4.78 is 5.33. The summed E-state index contributed by atoms with van der Waals surface area (Å²) in [5.74, 6) is 0.947. The maximum Gasteiger partial charge on any atom is 0.238 e. The number of carbonyl (C=O) groups excluding carboxylic acids is 1. The average Bonchev–Trinajstić information content (AvgIpc) is 2.76. The number of ether oxygens (including phenoxy) is 1. The molecule has 5 heteroatoms. The van der Waals surface area contributed by atoms with Gasteiger partial charge in [-0.25, -0.2) is 0 Å². The molecule has 3 atom stereocenters. The molecule has 0 aromatic heterocycles. The number of carbonyl (C=O) groups is 1. The number of fused-ring (bicyclic) bond motifs is 1. The summed E-state index contributed by atoms with van der Waals surface area (Å²) in [6.45, 7) is 5.07. The van der Waals surface area contributed by atoms with Crippen molar-refractivity contribution in [3.05, 3.63) is 59.2 Å². The Morgan fingerprint density at radius 3 is 2.68 bits per heavy atom. The van der Waals surface area contributed by atoms with Crippen molar-refractivity contribution < 1.29 is 14.6 Å². The van der Waals surface area contributed by atoms with Gasteiger partial charge in [-0.15, -0.1) is 0 Å². The number of aryl methyl sites for hydroxylation is 2. The fourth-order valence-electron chi connectivity index (χ4n) is 5.41. The van der Waals surface area contributed by atoms with Crippen LogP contribution in [0.5, 0.6) is 5.75 Å². The number of hydrogen-bond acceptors (Lipinski definition) is 4. The Bertz CT molecular complexity index is 927. The number of nitrogens with zero attached hydrogens (tertiary/aromatic N) is 1. The molecule has 2 aromatic rings. The van der Waals surface area contributed by atoms with Gasteiger partial charge in [0.25, 0.3) is 0 Å². The maximum absolute atomic E-state index is 13.0. The third-order valence-corrected chi connectivity index (χ3v) is 7.14. The molecule has 1 amide bonds. The summed E-state index contributed by atoms with van der Waals surface area (Å²) in [7, 11) is 1.67. The van der Waals surface area contributed by atoms with Crippen molar-refractivity contribution in [3.63, 3.8) is 0 Å². The van der Waals surface area contributed by atoms with Gasteiger partial charge < -0.3 is 15.2 Å². The van der Waals surface area contributed by atoms with Crippen LogP contribution in [0.3, 0.4) is 0 Å². The molecule has 2 fully saturated rings. The Morgan fingerprint density at radius 1 is 1.16 bits per heavy atom. The Hall–Kier alpha value is -2.37. The van der Waals surface area contributed by atoms with E-state index in [-0.39, 0.29) is 17.9 Å². The summed E-state index contributed by atoms with van der Waals surface area (Å²) in [4.78, 5) is 15.3. The van der Waals surface area contributed by atoms with Crippen LogP contribution < -0.4 is 10.1 Å². The van der Waals surface area contributed by atoms with Gasteiger partial charge in [-0.05, 0) is 68.0 Å². The van der Waals surface area contributed by atoms with Gasteiger partial charge in [-0.3, -0.25) is 9.69 Å². The van der Waals surface area contributed by atoms with Crippen LogP contribution in [0, 0.1) is 19.8 Å². The molecule has 1 saturated heterocycles. The van der Waals surface area contributed by atoms with Gasteiger partial charge >= 0.3 is 0 Å². The monoisotopic (exact) mass is 422 g/mol. The standard InChI is InChI=1S/C26H34N2O3/c1-18-7-8-19(2)23(16-18)27-24(29)17-28-15-14-26(30)13-5-4-6-22(26)25(28)20-9-11-21(31-3)12-10-20/h7-12,16,22,25,30H,4-6,13-15,17H2,1-3H3,(H,27,29)/t22-,25+,26+/m0/s1. The number of rotatable bonds is 5. The number of piperidine rings is 1. The normalized spacial score (nSPS) is 26.2. The predicted molar refractivity (Wildman–Crippen MR) is 123 cm³/mol. The lowest BCUT2D eigenvalue weighted by Gasteiger charge is -2.52. The largest absolute Gasteiger partial charge is 0.497 e. The first-order valence-corrected chi connectivity index (χ1v) is 11.4. The van der Waals surface area contributed by atoms with Crippen LogP contribution in [0.25, 0.3) is 0 Å². The van der Waals surface area contributed by atoms with Crippen LogP contribution in [0.1, 0.15) is 54.8 Å². The summed E-state index contributed by atoms with van der Waals surface area (Å²) >= 11 is 0. The van der Waals surface area contributed by atoms with Crippen LogP contribution in [0.4, 0.5) is 5.69 Å². The molecule has 5 nitrogen and oxygen atoms in total. The van der Waals surface area contributed by atoms with Gasteiger partial charge in [0, 0.05) is 24.2 Å². The molecule has 0 spiro atoms. The van der Waals surface area contributed by atoms with E-state index in [1.165, 1.54) is 0 Å². The molecule has 4 rings (SSSR count). The quantitative estimate of drug-likeness (QED) is 0.738. The average molecular weight is 423 g/mol. The van der Waals surface area contributed by atoms with Crippen molar-refractivity contribution in [2.45, 2.75) is 57.6 Å². The Labute approximate surface area is 185 Å². The minimum absolute atomic E-state index is 0.00605. The van der Waals surface area contributed by atoms with Crippen molar-refractivity contribution in [2.24, 2.45) is 5.92 Å². The van der Waals surface area contributed by atoms with Gasteiger partial charge in [0.05, 0.1) is 19.3 Å². The fraction of sp³-hybridized carbons (Fsp3) is 0.500. The van der Waals surface area contributed by atoms with Gasteiger partial charge in [0.15, 0.2) is 0 Å². The van der Waals surface area contributed by atoms with Crippen molar-refractivity contribution in [3.8, 4) is 5.75 Å². The van der Waals surface area contributed by atoms with Gasteiger partial charge in [0.2, 0.25) is 5.91 Å². The SMILES string of the molecule is COc1ccc([C@@H]2[C@@H]3CCCC[C@@]3(O)CCN2CC(=O)Nc2cc(C)ccc2C)cc1. The molecule has 0 bridgehead atoms. The number of methoxy groups -OCH3 is 1. The second-order valence-electron chi connectivity index (χ2n) is 9.26. The van der Waals surface area contributed by atoms with E-state index in [0.29, 0.717) is 13.1 Å². The van der Waals surface area contributed by atoms with E-state index < -0.39 is 5.60 Å². The Balaban J connectivity index is 1.58. The lowest BCUT2D eigenvalue weighted by molar-refractivity contribution is -0.135. The van der Waals surface area contributed by atoms with Gasteiger partial charge in [-0.1, -0.05) is 37.1 Å². The fourth-order valence-corrected chi connectivity index (χ4v) is 5.41. The van der Waals surface area contributed by atoms with Crippen LogP contribution >= 0.6 is 0 Å². The van der Waals surface area contributed by atoms with Gasteiger partial charge in [0.1, 0.15) is 5.75 Å². The highest BCUT2D eigenvalue weighted by Gasteiger charge is 2.49. The molecule has 2 aromatic carbocycles. The minimum Gasteiger partial charge on any atom is -0.497 e. The number of likely N-dealkylation sites (tertiary alicyclic amines) is 1. The van der Waals surface area contributed by atoms with E-state index in [1.807, 2.05) is 38.1 Å². The Morgan fingerprint density at radius 2 is 1.94 bits per heavy atom. The zero-order valence-corrected chi connectivity index (χ0v) is 18.9. The number of benzene rings is 2. The van der Waals surface area contributed by atoms with E-state index in [0.717, 1.165) is 60.2 Å². The number of nitrogens with one attached hydrogen (secondary N) is 1. The number of hydrogen-bond donors (Lipinski definition) is 2. The summed E-state index contributed by atoms with van der Waals surface area (Å²) in [6.07, 6.45) is 4.77. The molecule has 31 heavy (non-hydrogen) atoms. The molecule has 2 aliphatic rings. The molecular weight excluding hydrogens is 388 g/mol. The number of anilines is 1. The minimum atomic E-state index is -0.636. The number of amides is 1. The van der Waals surface area contributed by atoms with Crippen molar-refractivity contribution in [2.75, 3.05) is 25.5 Å². The first-order valence-electron chi connectivity index (χ1n) is 11.4. The topological polar surface area (TPSA) is 61.8 Å². The summed E-state index contributed by atoms with van der Waals surface area (Å²) in [5, 5.41) is 14.5. The van der Waals surface area contributed by atoms with E-state index >= 15 is 0 Å². The van der Waals surface area contributed by atoms with Crippen molar-refractivity contribution >= 4 is 11.6 Å². The third kappa shape index (κ3) is 4.63. The molecule has 2 N–H and O–H groups in total. The van der Waals surface area contributed by atoms with Gasteiger partial charge in [-0.2, -0.15) is 0 Å². The molecule has 1 aliphatic heterocycles. The highest BCUT2D eigenvalue weighted by molar-refractivity contribution is 5.93. The Kier molecular flexibility index (Phi) is 6.35. The lowest BCUT2D eigenvalue weighted by Crippen LogP contribution is -2.56. The zero-order chi connectivity index (χ0) is 22.0. The van der Waals surface area contributed by atoms with Crippen molar-refractivity contribution in [1.82, 2.24) is 4.90 Å². The molecule has 0 unspecified atom stereocenters. The molecular formula is C26H34N2O3. The van der Waals surface area contributed by atoms with E-state index in [2.05, 4.69) is 28.4 Å². The van der Waals surface area contributed by atoms with Crippen LogP contribution in [-0.2, 0) is 4.79 Å². The highest BCUT2D eigenvalue weighted by Crippen LogP contribution is 2.49. The van der Waals surface area contributed by atoms with Crippen molar-refractivity contribution in [1.29, 1.82) is 0 Å². The molecule has 1 aliphatic carbocycles. The predicted octanol–water partition coefficient (Wildman–Crippen LogP) is 4.62. The van der Waals surface area contributed by atoms with Crippen LogP contribution in [0.2, 0.25) is 0 Å². The molecule has 166 valence electrons. The first-order chi connectivity index (χ1) is 14.9. The van der Waals surface area contributed by atoms with E-state index in [4.69, 9.17) is 4.74 Å². The number of aliphatic hydroxyl groups is 1. The second-order valence-corrected chi connectivity index (χ2v) is 9.26. The zero-order valence-electron chi connectivity index (χ0n) is 18.9. The van der Waals surface area contributed by atoms with Crippen LogP contribution in [-0.4, -0.2) is 41.7 Å². The van der Waals surface area contributed by atoms with E-state index in [9.17, 15) is 9.90 Å². The molecule has 1 heterocycles. The highest BCUT2D eigenvalue weighted by atomic mass is 16.5. The first kappa shape index (κ1) is 21.8. The van der Waals surface area contributed by atoms with Crippen LogP contribution in [0.15, 0.2) is 42.5 Å². The summed E-state index contributed by atoms with van der Waals surface area (Å²) in [5.41, 5.74) is 3.57. The third-order valence-electron chi connectivity index (χ3n) is 7.14.